The third kappa shape index (κ3) is 4.53. The molecule has 6 heteroatoms. The molecule has 0 saturated carbocycles. The molecule has 0 unspecified atom stereocenters. The Balaban J connectivity index is 2.26. The number of carbonyl (C=O) groups is 2. The van der Waals surface area contributed by atoms with Gasteiger partial charge in [0.05, 0.1) is 25.4 Å². The maximum Gasteiger partial charge on any atom is 0.323 e. The Morgan fingerprint density at radius 1 is 1.17 bits per heavy atom. The Hall–Kier alpha value is -1.92. The van der Waals surface area contributed by atoms with E-state index in [9.17, 15) is 14.7 Å². The lowest BCUT2D eigenvalue weighted by atomic mass is 10.0. The molecule has 1 amide bonds. The van der Waals surface area contributed by atoms with Crippen LogP contribution in [0.4, 0.5) is 5.69 Å². The number of morpholine rings is 1. The van der Waals surface area contributed by atoms with Gasteiger partial charge in [0.25, 0.3) is 0 Å². The summed E-state index contributed by atoms with van der Waals surface area (Å²) in [4.78, 5) is 27.3. The van der Waals surface area contributed by atoms with Crippen molar-refractivity contribution in [3.05, 3.63) is 28.8 Å². The van der Waals surface area contributed by atoms with Gasteiger partial charge in [-0.05, 0) is 31.9 Å². The second kappa shape index (κ2) is 7.57. The van der Waals surface area contributed by atoms with Crippen LogP contribution in [0.25, 0.3) is 0 Å². The Morgan fingerprint density at radius 3 is 2.26 bits per heavy atom. The van der Waals surface area contributed by atoms with E-state index in [1.807, 2.05) is 37.8 Å². The van der Waals surface area contributed by atoms with Crippen LogP contribution < -0.4 is 4.90 Å². The zero-order valence-corrected chi connectivity index (χ0v) is 14.0. The molecule has 0 aromatic heterocycles. The van der Waals surface area contributed by atoms with Crippen molar-refractivity contribution in [2.75, 3.05) is 44.3 Å². The molecule has 0 bridgehead atoms. The number of benzene rings is 1. The first kappa shape index (κ1) is 17.4. The van der Waals surface area contributed by atoms with E-state index in [0.717, 1.165) is 16.7 Å². The third-order valence-corrected chi connectivity index (χ3v) is 3.96. The number of hydrogen-bond acceptors (Lipinski definition) is 4. The molecule has 0 atom stereocenters. The van der Waals surface area contributed by atoms with Gasteiger partial charge in [-0.2, -0.15) is 0 Å². The number of carboxylic acid groups (broad SMARTS) is 1. The average Bonchev–Trinajstić information content (AvgIpc) is 2.45. The van der Waals surface area contributed by atoms with Crippen molar-refractivity contribution in [2.45, 2.75) is 20.8 Å². The van der Waals surface area contributed by atoms with Crippen LogP contribution in [0.5, 0.6) is 0 Å². The molecule has 23 heavy (non-hydrogen) atoms. The summed E-state index contributed by atoms with van der Waals surface area (Å²) in [7, 11) is 0. The van der Waals surface area contributed by atoms with Crippen LogP contribution in [0.1, 0.15) is 16.7 Å². The van der Waals surface area contributed by atoms with E-state index in [0.29, 0.717) is 32.0 Å². The zero-order valence-electron chi connectivity index (χ0n) is 14.0. The molecule has 1 fully saturated rings. The molecule has 0 spiro atoms. The fourth-order valence-electron chi connectivity index (χ4n) is 3.06. The van der Waals surface area contributed by atoms with Gasteiger partial charge in [-0.15, -0.1) is 0 Å². The van der Waals surface area contributed by atoms with E-state index in [1.54, 1.807) is 0 Å². The van der Waals surface area contributed by atoms with E-state index in [4.69, 9.17) is 4.74 Å². The highest BCUT2D eigenvalue weighted by Crippen LogP contribution is 2.26. The summed E-state index contributed by atoms with van der Waals surface area (Å²) in [6.07, 6.45) is 0. The molecule has 1 N–H and O–H groups in total. The van der Waals surface area contributed by atoms with Gasteiger partial charge in [0.15, 0.2) is 0 Å². The van der Waals surface area contributed by atoms with Gasteiger partial charge in [-0.3, -0.25) is 19.4 Å². The Morgan fingerprint density at radius 2 is 1.74 bits per heavy atom. The van der Waals surface area contributed by atoms with Gasteiger partial charge in [0.2, 0.25) is 5.91 Å². The first-order valence-electron chi connectivity index (χ1n) is 7.78. The number of ether oxygens (including phenoxy) is 1. The highest BCUT2D eigenvalue weighted by molar-refractivity contribution is 5.99. The number of aryl methyl sites for hydroxylation is 3. The Kier molecular flexibility index (Phi) is 5.74. The molecular formula is C17H24N2O4. The van der Waals surface area contributed by atoms with E-state index < -0.39 is 5.97 Å². The maximum atomic E-state index is 12.7. The Labute approximate surface area is 136 Å². The van der Waals surface area contributed by atoms with Crippen molar-refractivity contribution in [1.29, 1.82) is 0 Å². The quantitative estimate of drug-likeness (QED) is 0.887. The van der Waals surface area contributed by atoms with Crippen LogP contribution in [0, 0.1) is 20.8 Å². The second-order valence-corrected chi connectivity index (χ2v) is 6.01. The second-order valence-electron chi connectivity index (χ2n) is 6.01. The number of anilines is 1. The number of amides is 1. The van der Waals surface area contributed by atoms with Crippen LogP contribution in [-0.4, -0.2) is 61.3 Å². The highest BCUT2D eigenvalue weighted by atomic mass is 16.5. The molecule has 1 aromatic carbocycles. The number of carbonyl (C=O) groups excluding carboxylic acids is 1. The van der Waals surface area contributed by atoms with E-state index in [2.05, 4.69) is 0 Å². The van der Waals surface area contributed by atoms with Gasteiger partial charge in [0, 0.05) is 13.1 Å². The van der Waals surface area contributed by atoms with Crippen molar-refractivity contribution < 1.29 is 19.4 Å². The predicted molar refractivity (Wildman–Crippen MR) is 87.9 cm³/mol. The first-order chi connectivity index (χ1) is 10.9. The van der Waals surface area contributed by atoms with Gasteiger partial charge in [0.1, 0.15) is 6.54 Å². The van der Waals surface area contributed by atoms with Crippen molar-refractivity contribution in [2.24, 2.45) is 0 Å². The van der Waals surface area contributed by atoms with Crippen molar-refractivity contribution in [3.8, 4) is 0 Å². The molecule has 1 aliphatic rings. The van der Waals surface area contributed by atoms with Crippen LogP contribution in [0.15, 0.2) is 12.1 Å². The summed E-state index contributed by atoms with van der Waals surface area (Å²) in [6, 6.07) is 3.94. The smallest absolute Gasteiger partial charge is 0.323 e. The van der Waals surface area contributed by atoms with Crippen LogP contribution in [0.2, 0.25) is 0 Å². The molecule has 0 radical (unpaired) electrons. The van der Waals surface area contributed by atoms with Crippen LogP contribution >= 0.6 is 0 Å². The van der Waals surface area contributed by atoms with Gasteiger partial charge < -0.3 is 9.84 Å². The summed E-state index contributed by atoms with van der Waals surface area (Å²) in [6.45, 7) is 8.29. The number of aliphatic carboxylic acids is 1. The molecule has 1 saturated heterocycles. The van der Waals surface area contributed by atoms with Crippen molar-refractivity contribution in [3.63, 3.8) is 0 Å². The zero-order chi connectivity index (χ0) is 17.0. The number of rotatable bonds is 5. The Bertz CT molecular complexity index is 571. The van der Waals surface area contributed by atoms with E-state index >= 15 is 0 Å². The molecule has 126 valence electrons. The van der Waals surface area contributed by atoms with Gasteiger partial charge >= 0.3 is 5.97 Å². The van der Waals surface area contributed by atoms with Crippen molar-refractivity contribution >= 4 is 17.6 Å². The molecule has 1 aromatic rings. The lowest BCUT2D eigenvalue weighted by Gasteiger charge is -2.30. The lowest BCUT2D eigenvalue weighted by Crippen LogP contribution is -2.46. The highest BCUT2D eigenvalue weighted by Gasteiger charge is 2.24. The fourth-order valence-corrected chi connectivity index (χ4v) is 3.06. The van der Waals surface area contributed by atoms with Crippen molar-refractivity contribution in [1.82, 2.24) is 4.90 Å². The third-order valence-electron chi connectivity index (χ3n) is 3.96. The number of hydrogen-bond donors (Lipinski definition) is 1. The largest absolute Gasteiger partial charge is 0.480 e. The first-order valence-corrected chi connectivity index (χ1v) is 7.78. The molecule has 0 aliphatic carbocycles. The summed E-state index contributed by atoms with van der Waals surface area (Å²) in [5.41, 5.74) is 3.63. The average molecular weight is 320 g/mol. The molecular weight excluding hydrogens is 296 g/mol. The maximum absolute atomic E-state index is 12.7. The summed E-state index contributed by atoms with van der Waals surface area (Å²) < 4.78 is 5.28. The van der Waals surface area contributed by atoms with E-state index in [-0.39, 0.29) is 19.0 Å². The minimum atomic E-state index is -1.01. The normalized spacial score (nSPS) is 15.4. The molecule has 6 nitrogen and oxygen atoms in total. The summed E-state index contributed by atoms with van der Waals surface area (Å²) in [5.74, 6) is -1.20. The van der Waals surface area contributed by atoms with Gasteiger partial charge in [-0.25, -0.2) is 0 Å². The molecule has 2 rings (SSSR count). The standard InChI is InChI=1S/C17H24N2O4/c1-12-8-13(2)17(14(3)9-12)19(11-16(21)22)15(20)10-18-4-6-23-7-5-18/h8-9H,4-7,10-11H2,1-3H3,(H,21,22). The monoisotopic (exact) mass is 320 g/mol. The minimum Gasteiger partial charge on any atom is -0.480 e. The molecule has 1 heterocycles. The summed E-state index contributed by atoms with van der Waals surface area (Å²) >= 11 is 0. The molecule has 1 aliphatic heterocycles. The van der Waals surface area contributed by atoms with Crippen LogP contribution in [-0.2, 0) is 14.3 Å². The predicted octanol–water partition coefficient (Wildman–Crippen LogP) is 1.36. The SMILES string of the molecule is Cc1cc(C)c(N(CC(=O)O)C(=O)CN2CCOCC2)c(C)c1. The number of carboxylic acids is 1. The number of nitrogens with zero attached hydrogens (tertiary/aromatic N) is 2. The fraction of sp³-hybridized carbons (Fsp3) is 0.529. The summed E-state index contributed by atoms with van der Waals surface area (Å²) in [5, 5.41) is 9.21. The topological polar surface area (TPSA) is 70.1 Å². The minimum absolute atomic E-state index is 0.190. The lowest BCUT2D eigenvalue weighted by molar-refractivity contribution is -0.136. The van der Waals surface area contributed by atoms with E-state index in [1.165, 1.54) is 4.90 Å². The van der Waals surface area contributed by atoms with Crippen LogP contribution in [0.3, 0.4) is 0 Å². The van der Waals surface area contributed by atoms with Gasteiger partial charge in [-0.1, -0.05) is 17.7 Å².